The second-order valence-corrected chi connectivity index (χ2v) is 5.94. The summed E-state index contributed by atoms with van der Waals surface area (Å²) in [6, 6.07) is 13.5. The minimum absolute atomic E-state index is 0.165. The summed E-state index contributed by atoms with van der Waals surface area (Å²) < 4.78 is 14.2. The lowest BCUT2D eigenvalue weighted by atomic mass is 9.76. The van der Waals surface area contributed by atoms with E-state index in [9.17, 15) is 4.39 Å². The highest BCUT2D eigenvalue weighted by Gasteiger charge is 2.38. The number of hydrogen-bond donors (Lipinski definition) is 1. The molecule has 1 aliphatic carbocycles. The number of halogens is 2. The molecule has 0 aromatic heterocycles. The van der Waals surface area contributed by atoms with Crippen molar-refractivity contribution in [1.29, 1.82) is 0 Å². The van der Waals surface area contributed by atoms with E-state index >= 15 is 0 Å². The number of rotatable bonds is 3. The van der Waals surface area contributed by atoms with Gasteiger partial charge in [-0.25, -0.2) is 4.39 Å². The van der Waals surface area contributed by atoms with Crippen LogP contribution in [0.5, 0.6) is 0 Å². The van der Waals surface area contributed by atoms with Crippen LogP contribution in [0.1, 0.15) is 23.1 Å². The van der Waals surface area contributed by atoms with E-state index in [2.05, 4.69) is 12.1 Å². The van der Waals surface area contributed by atoms with Crippen LogP contribution in [-0.2, 0) is 18.3 Å². The van der Waals surface area contributed by atoms with Crippen molar-refractivity contribution in [3.05, 3.63) is 70.0 Å². The van der Waals surface area contributed by atoms with E-state index in [4.69, 9.17) is 17.3 Å². The molecule has 0 bridgehead atoms. The lowest BCUT2D eigenvalue weighted by Crippen LogP contribution is -2.35. The highest BCUT2D eigenvalue weighted by molar-refractivity contribution is 6.30. The Morgan fingerprint density at radius 2 is 1.95 bits per heavy atom. The maximum atomic E-state index is 14.2. The van der Waals surface area contributed by atoms with Crippen LogP contribution >= 0.6 is 11.6 Å². The number of nitrogens with two attached hydrogens (primary N) is 1. The average Bonchev–Trinajstić information content (AvgIpc) is 2.84. The summed E-state index contributed by atoms with van der Waals surface area (Å²) in [7, 11) is 0. The van der Waals surface area contributed by atoms with Crippen LogP contribution < -0.4 is 5.73 Å². The van der Waals surface area contributed by atoms with Crippen molar-refractivity contribution in [2.24, 2.45) is 5.73 Å². The van der Waals surface area contributed by atoms with E-state index in [0.717, 1.165) is 12.8 Å². The number of benzene rings is 2. The minimum Gasteiger partial charge on any atom is -0.330 e. The van der Waals surface area contributed by atoms with Gasteiger partial charge in [-0.1, -0.05) is 48.0 Å². The van der Waals surface area contributed by atoms with Gasteiger partial charge in [0.05, 0.1) is 5.02 Å². The smallest absolute Gasteiger partial charge is 0.145 e. The van der Waals surface area contributed by atoms with Crippen molar-refractivity contribution in [2.75, 3.05) is 6.54 Å². The zero-order valence-corrected chi connectivity index (χ0v) is 12.0. The second kappa shape index (κ2) is 5.19. The van der Waals surface area contributed by atoms with E-state index in [1.54, 1.807) is 18.2 Å². The van der Waals surface area contributed by atoms with Crippen molar-refractivity contribution < 1.29 is 4.39 Å². The van der Waals surface area contributed by atoms with Crippen molar-refractivity contribution in [2.45, 2.75) is 24.7 Å². The molecule has 2 N–H and O–H groups in total. The third kappa shape index (κ3) is 2.13. The molecule has 20 heavy (non-hydrogen) atoms. The molecule has 0 saturated heterocycles. The van der Waals surface area contributed by atoms with Gasteiger partial charge >= 0.3 is 0 Å². The lowest BCUT2D eigenvalue weighted by molar-refractivity contribution is 0.423. The first-order valence-corrected chi connectivity index (χ1v) is 7.25. The van der Waals surface area contributed by atoms with Crippen LogP contribution in [0, 0.1) is 5.82 Å². The Kier molecular flexibility index (Phi) is 3.53. The molecule has 1 unspecified atom stereocenters. The summed E-state index contributed by atoms with van der Waals surface area (Å²) in [5.74, 6) is -0.314. The Balaban J connectivity index is 2.02. The Hall–Kier alpha value is -1.38. The van der Waals surface area contributed by atoms with Crippen molar-refractivity contribution >= 4 is 11.6 Å². The molecule has 0 fully saturated rings. The van der Waals surface area contributed by atoms with Gasteiger partial charge in [-0.15, -0.1) is 0 Å². The maximum absolute atomic E-state index is 14.2. The molecule has 2 aromatic rings. The van der Waals surface area contributed by atoms with E-state index < -0.39 is 0 Å². The number of aryl methyl sites for hydroxylation is 1. The fraction of sp³-hybridized carbons (Fsp3) is 0.294. The van der Waals surface area contributed by atoms with Crippen LogP contribution in [0.3, 0.4) is 0 Å². The first-order chi connectivity index (χ1) is 9.66. The molecule has 0 amide bonds. The Bertz CT molecular complexity index is 641. The van der Waals surface area contributed by atoms with Gasteiger partial charge in [0.25, 0.3) is 0 Å². The molecule has 3 rings (SSSR count). The molecule has 0 saturated carbocycles. The second-order valence-electron chi connectivity index (χ2n) is 5.53. The van der Waals surface area contributed by atoms with Gasteiger partial charge < -0.3 is 5.73 Å². The summed E-state index contributed by atoms with van der Waals surface area (Å²) in [4.78, 5) is 0. The van der Waals surface area contributed by atoms with Crippen LogP contribution in [0.15, 0.2) is 42.5 Å². The summed E-state index contributed by atoms with van der Waals surface area (Å²) in [5, 5.41) is 0.181. The fourth-order valence-electron chi connectivity index (χ4n) is 3.28. The van der Waals surface area contributed by atoms with E-state index in [1.165, 1.54) is 11.1 Å². The largest absolute Gasteiger partial charge is 0.330 e. The van der Waals surface area contributed by atoms with Gasteiger partial charge in [0.15, 0.2) is 0 Å². The third-order valence-electron chi connectivity index (χ3n) is 4.41. The van der Waals surface area contributed by atoms with E-state index in [0.29, 0.717) is 18.5 Å². The van der Waals surface area contributed by atoms with Gasteiger partial charge in [-0.05, 0) is 42.0 Å². The molecule has 0 heterocycles. The first-order valence-electron chi connectivity index (χ1n) is 6.88. The van der Waals surface area contributed by atoms with Crippen LogP contribution in [-0.4, -0.2) is 6.54 Å². The first kappa shape index (κ1) is 13.6. The molecule has 104 valence electrons. The van der Waals surface area contributed by atoms with Crippen LogP contribution in [0.4, 0.5) is 4.39 Å². The summed E-state index contributed by atoms with van der Waals surface area (Å²) in [6.07, 6.45) is 2.58. The third-order valence-corrected chi connectivity index (χ3v) is 4.70. The SMILES string of the molecule is NCC1(Cc2cccc(Cl)c2F)CCc2ccccc21. The van der Waals surface area contributed by atoms with Gasteiger partial charge in [-0.2, -0.15) is 0 Å². The van der Waals surface area contributed by atoms with Crippen molar-refractivity contribution in [3.63, 3.8) is 0 Å². The van der Waals surface area contributed by atoms with Crippen LogP contribution in [0.2, 0.25) is 5.02 Å². The lowest BCUT2D eigenvalue weighted by Gasteiger charge is -2.29. The zero-order valence-electron chi connectivity index (χ0n) is 11.2. The highest BCUT2D eigenvalue weighted by Crippen LogP contribution is 2.41. The number of fused-ring (bicyclic) bond motifs is 1. The predicted molar refractivity (Wildman–Crippen MR) is 80.6 cm³/mol. The highest BCUT2D eigenvalue weighted by atomic mass is 35.5. The topological polar surface area (TPSA) is 26.0 Å². The van der Waals surface area contributed by atoms with E-state index in [1.807, 2.05) is 12.1 Å². The molecule has 0 spiro atoms. The summed E-state index contributed by atoms with van der Waals surface area (Å²) in [5.41, 5.74) is 9.15. The molecule has 2 aromatic carbocycles. The summed E-state index contributed by atoms with van der Waals surface area (Å²) in [6.45, 7) is 0.524. The maximum Gasteiger partial charge on any atom is 0.145 e. The Labute approximate surface area is 123 Å². The minimum atomic E-state index is -0.314. The fourth-order valence-corrected chi connectivity index (χ4v) is 3.48. The average molecular weight is 290 g/mol. The van der Waals surface area contributed by atoms with Gasteiger partial charge in [0.2, 0.25) is 0 Å². The normalized spacial score (nSPS) is 20.9. The predicted octanol–water partition coefficient (Wildman–Crippen LogP) is 3.86. The molecule has 0 aliphatic heterocycles. The molecular formula is C17H17ClFN. The monoisotopic (exact) mass is 289 g/mol. The van der Waals surface area contributed by atoms with Crippen LogP contribution in [0.25, 0.3) is 0 Å². The molecule has 0 radical (unpaired) electrons. The molecule has 1 nitrogen and oxygen atoms in total. The molecule has 1 aliphatic rings. The van der Waals surface area contributed by atoms with Gasteiger partial charge in [-0.3, -0.25) is 0 Å². The standard InChI is InChI=1S/C17H17ClFN/c18-15-7-3-5-13(16(15)19)10-17(11-20)9-8-12-4-1-2-6-14(12)17/h1-7H,8-11,20H2. The quantitative estimate of drug-likeness (QED) is 0.912. The van der Waals surface area contributed by atoms with E-state index in [-0.39, 0.29) is 16.3 Å². The number of hydrogen-bond acceptors (Lipinski definition) is 1. The van der Waals surface area contributed by atoms with Crippen molar-refractivity contribution in [1.82, 2.24) is 0 Å². The van der Waals surface area contributed by atoms with Gasteiger partial charge in [0.1, 0.15) is 5.82 Å². The Morgan fingerprint density at radius 3 is 2.75 bits per heavy atom. The zero-order chi connectivity index (χ0) is 14.2. The van der Waals surface area contributed by atoms with Gasteiger partial charge in [0, 0.05) is 12.0 Å². The van der Waals surface area contributed by atoms with Crippen molar-refractivity contribution in [3.8, 4) is 0 Å². The summed E-state index contributed by atoms with van der Waals surface area (Å²) >= 11 is 5.88. The molecular weight excluding hydrogens is 273 g/mol. The Morgan fingerprint density at radius 1 is 1.15 bits per heavy atom. The molecule has 1 atom stereocenters. The molecule has 3 heteroatoms.